The average molecular weight is 297 g/mol. The van der Waals surface area contributed by atoms with E-state index in [2.05, 4.69) is 4.74 Å². The van der Waals surface area contributed by atoms with Gasteiger partial charge in [-0.3, -0.25) is 0 Å². The summed E-state index contributed by atoms with van der Waals surface area (Å²) in [5.41, 5.74) is 3.94. The van der Waals surface area contributed by atoms with Crippen molar-refractivity contribution in [3.63, 3.8) is 0 Å². The largest absolute Gasteiger partial charge is 0.462 e. The molecule has 0 heterocycles. The van der Waals surface area contributed by atoms with Crippen molar-refractivity contribution in [3.8, 4) is 0 Å². The fourth-order valence-electron chi connectivity index (χ4n) is 1.44. The van der Waals surface area contributed by atoms with E-state index in [0.717, 1.165) is 12.1 Å². The van der Waals surface area contributed by atoms with Crippen molar-refractivity contribution < 1.29 is 31.5 Å². The van der Waals surface area contributed by atoms with E-state index in [0.29, 0.717) is 12.1 Å². The van der Waals surface area contributed by atoms with Gasteiger partial charge in [0.1, 0.15) is 6.04 Å². The Morgan fingerprint density at radius 2 is 1.70 bits per heavy atom. The molecular weight excluding hydrogens is 285 g/mol. The zero-order chi connectivity index (χ0) is 15.6. The van der Waals surface area contributed by atoms with Crippen LogP contribution in [0.3, 0.4) is 0 Å². The monoisotopic (exact) mass is 297 g/mol. The molecule has 0 bridgehead atoms. The SMILES string of the molecule is CCOC(=O)C(F)(F)[C@H](N)c1ccc(C(F)(F)F)cc1. The van der Waals surface area contributed by atoms with Crippen LogP contribution in [0.4, 0.5) is 22.0 Å². The number of esters is 1. The Hall–Kier alpha value is -1.70. The summed E-state index contributed by atoms with van der Waals surface area (Å²) in [6.07, 6.45) is -4.58. The number of nitrogens with two attached hydrogens (primary N) is 1. The van der Waals surface area contributed by atoms with Gasteiger partial charge in [-0.05, 0) is 24.6 Å². The van der Waals surface area contributed by atoms with Gasteiger partial charge in [-0.1, -0.05) is 12.1 Å². The zero-order valence-corrected chi connectivity index (χ0v) is 10.4. The van der Waals surface area contributed by atoms with Crippen molar-refractivity contribution in [1.82, 2.24) is 0 Å². The van der Waals surface area contributed by atoms with E-state index in [4.69, 9.17) is 5.73 Å². The maximum absolute atomic E-state index is 13.6. The van der Waals surface area contributed by atoms with Crippen LogP contribution in [-0.2, 0) is 15.7 Å². The van der Waals surface area contributed by atoms with Gasteiger partial charge in [-0.15, -0.1) is 0 Å². The molecule has 0 aliphatic heterocycles. The Kier molecular flexibility index (Phi) is 4.69. The molecule has 0 fully saturated rings. The number of hydrogen-bond donors (Lipinski definition) is 1. The molecule has 0 spiro atoms. The first-order valence-corrected chi connectivity index (χ1v) is 5.58. The van der Waals surface area contributed by atoms with Crippen molar-refractivity contribution in [2.75, 3.05) is 6.61 Å². The van der Waals surface area contributed by atoms with Gasteiger partial charge in [-0.25, -0.2) is 4.79 Å². The number of rotatable bonds is 4. The molecule has 8 heteroatoms. The Labute approximate surface area is 111 Å². The summed E-state index contributed by atoms with van der Waals surface area (Å²) >= 11 is 0. The van der Waals surface area contributed by atoms with Crippen molar-refractivity contribution in [1.29, 1.82) is 0 Å². The predicted octanol–water partition coefficient (Wildman–Crippen LogP) is 2.90. The van der Waals surface area contributed by atoms with Crippen LogP contribution in [0.2, 0.25) is 0 Å². The van der Waals surface area contributed by atoms with E-state index in [-0.39, 0.29) is 12.2 Å². The Balaban J connectivity index is 2.97. The molecule has 0 radical (unpaired) electrons. The van der Waals surface area contributed by atoms with E-state index in [1.807, 2.05) is 0 Å². The number of ether oxygens (including phenoxy) is 1. The summed E-state index contributed by atoms with van der Waals surface area (Å²) < 4.78 is 68.4. The smallest absolute Gasteiger partial charge is 0.416 e. The van der Waals surface area contributed by atoms with Crippen LogP contribution in [-0.4, -0.2) is 18.5 Å². The maximum Gasteiger partial charge on any atom is 0.416 e. The second-order valence-electron chi connectivity index (χ2n) is 3.94. The minimum absolute atomic E-state index is 0.256. The average Bonchev–Trinajstić information content (AvgIpc) is 2.37. The Bertz CT molecular complexity index is 470. The molecule has 0 aromatic heterocycles. The first-order chi connectivity index (χ1) is 9.10. The molecule has 1 aromatic carbocycles. The quantitative estimate of drug-likeness (QED) is 0.687. The van der Waals surface area contributed by atoms with E-state index in [9.17, 15) is 26.7 Å². The summed E-state index contributed by atoms with van der Waals surface area (Å²) in [7, 11) is 0. The molecule has 0 aliphatic rings. The number of benzene rings is 1. The molecule has 0 aliphatic carbocycles. The topological polar surface area (TPSA) is 52.3 Å². The highest BCUT2D eigenvalue weighted by molar-refractivity contribution is 5.78. The van der Waals surface area contributed by atoms with E-state index in [1.165, 1.54) is 6.92 Å². The second-order valence-corrected chi connectivity index (χ2v) is 3.94. The first kappa shape index (κ1) is 16.4. The molecule has 0 saturated heterocycles. The van der Waals surface area contributed by atoms with Crippen LogP contribution in [0.15, 0.2) is 24.3 Å². The van der Waals surface area contributed by atoms with Gasteiger partial charge in [0.05, 0.1) is 12.2 Å². The van der Waals surface area contributed by atoms with Crippen LogP contribution in [0.25, 0.3) is 0 Å². The minimum Gasteiger partial charge on any atom is -0.462 e. The van der Waals surface area contributed by atoms with Gasteiger partial charge in [-0.2, -0.15) is 22.0 Å². The van der Waals surface area contributed by atoms with Gasteiger partial charge < -0.3 is 10.5 Å². The van der Waals surface area contributed by atoms with E-state index in [1.54, 1.807) is 0 Å². The Morgan fingerprint density at radius 3 is 2.10 bits per heavy atom. The molecule has 20 heavy (non-hydrogen) atoms. The number of alkyl halides is 5. The molecule has 1 rings (SSSR count). The fourth-order valence-corrected chi connectivity index (χ4v) is 1.44. The van der Waals surface area contributed by atoms with Crippen molar-refractivity contribution >= 4 is 5.97 Å². The van der Waals surface area contributed by atoms with Crippen LogP contribution < -0.4 is 5.73 Å². The normalized spacial score (nSPS) is 13.9. The third-order valence-electron chi connectivity index (χ3n) is 2.54. The van der Waals surface area contributed by atoms with E-state index < -0.39 is 29.7 Å². The standard InChI is InChI=1S/C12H12F5NO2/c1-2-20-10(19)11(13,14)9(18)7-3-5-8(6-4-7)12(15,16)17/h3-6,9H,2,18H2,1H3/t9-/m1/s1. The molecule has 2 N–H and O–H groups in total. The van der Waals surface area contributed by atoms with Gasteiger partial charge in [0, 0.05) is 0 Å². The highest BCUT2D eigenvalue weighted by atomic mass is 19.4. The summed E-state index contributed by atoms with van der Waals surface area (Å²) in [6, 6.07) is 0.775. The summed E-state index contributed by atoms with van der Waals surface area (Å²) in [5.74, 6) is -5.83. The van der Waals surface area contributed by atoms with Crippen LogP contribution >= 0.6 is 0 Å². The lowest BCUT2D eigenvalue weighted by Crippen LogP contribution is -2.41. The molecule has 3 nitrogen and oxygen atoms in total. The molecular formula is C12H12F5NO2. The van der Waals surface area contributed by atoms with Gasteiger partial charge in [0.25, 0.3) is 0 Å². The van der Waals surface area contributed by atoms with Crippen molar-refractivity contribution in [2.45, 2.75) is 25.1 Å². The molecule has 0 saturated carbocycles. The number of halogens is 5. The second kappa shape index (κ2) is 5.74. The predicted molar refractivity (Wildman–Crippen MR) is 60.0 cm³/mol. The molecule has 1 atom stereocenters. The summed E-state index contributed by atoms with van der Waals surface area (Å²) in [6.45, 7) is 1.09. The highest BCUT2D eigenvalue weighted by Gasteiger charge is 2.47. The fraction of sp³-hybridized carbons (Fsp3) is 0.417. The number of hydrogen-bond acceptors (Lipinski definition) is 3. The van der Waals surface area contributed by atoms with Crippen LogP contribution in [0, 0.1) is 0 Å². The van der Waals surface area contributed by atoms with Crippen LogP contribution in [0.5, 0.6) is 0 Å². The molecule has 1 aromatic rings. The highest BCUT2D eigenvalue weighted by Crippen LogP contribution is 2.33. The van der Waals surface area contributed by atoms with Gasteiger partial charge in [0.2, 0.25) is 0 Å². The van der Waals surface area contributed by atoms with Crippen molar-refractivity contribution in [3.05, 3.63) is 35.4 Å². The zero-order valence-electron chi connectivity index (χ0n) is 10.4. The lowest BCUT2D eigenvalue weighted by Gasteiger charge is -2.22. The van der Waals surface area contributed by atoms with Gasteiger partial charge in [0.15, 0.2) is 0 Å². The molecule has 112 valence electrons. The lowest BCUT2D eigenvalue weighted by molar-refractivity contribution is -0.174. The third kappa shape index (κ3) is 3.44. The Morgan fingerprint density at radius 1 is 1.20 bits per heavy atom. The maximum atomic E-state index is 13.6. The lowest BCUT2D eigenvalue weighted by atomic mass is 10.00. The minimum atomic E-state index is -4.58. The summed E-state index contributed by atoms with van der Waals surface area (Å²) in [4.78, 5) is 11.1. The van der Waals surface area contributed by atoms with Crippen LogP contribution in [0.1, 0.15) is 24.1 Å². The molecule has 0 amide bonds. The number of carbonyl (C=O) groups is 1. The third-order valence-corrected chi connectivity index (χ3v) is 2.54. The number of carbonyl (C=O) groups excluding carboxylic acids is 1. The van der Waals surface area contributed by atoms with Gasteiger partial charge >= 0.3 is 18.1 Å². The van der Waals surface area contributed by atoms with Crippen molar-refractivity contribution in [2.24, 2.45) is 5.73 Å². The molecule has 0 unspecified atom stereocenters. The van der Waals surface area contributed by atoms with E-state index >= 15 is 0 Å². The first-order valence-electron chi connectivity index (χ1n) is 5.58. The summed E-state index contributed by atoms with van der Waals surface area (Å²) in [5, 5.41) is 0.